The summed E-state index contributed by atoms with van der Waals surface area (Å²) in [5.74, 6) is -1.98. The maximum absolute atomic E-state index is 13.8. The van der Waals surface area contributed by atoms with E-state index in [1.165, 1.54) is 19.1 Å². The van der Waals surface area contributed by atoms with Crippen LogP contribution in [0.2, 0.25) is 0 Å². The summed E-state index contributed by atoms with van der Waals surface area (Å²) in [4.78, 5) is 28.6. The van der Waals surface area contributed by atoms with Gasteiger partial charge in [-0.3, -0.25) is 9.59 Å². The van der Waals surface area contributed by atoms with Crippen molar-refractivity contribution in [2.45, 2.75) is 52.5 Å². The van der Waals surface area contributed by atoms with Gasteiger partial charge in [0.1, 0.15) is 5.82 Å². The number of rotatable bonds is 6. The first-order valence-electron chi connectivity index (χ1n) is 9.38. The molecule has 0 aliphatic carbocycles. The Kier molecular flexibility index (Phi) is 7.27. The SMILES string of the molecule is CCCC1CN(C(=O)c2cccc(F)c2C)CCN1C(=O)CC(C)C(F)F. The number of amides is 2. The minimum Gasteiger partial charge on any atom is -0.336 e. The molecule has 150 valence electrons. The van der Waals surface area contributed by atoms with Gasteiger partial charge in [-0.05, 0) is 31.0 Å². The van der Waals surface area contributed by atoms with E-state index in [0.717, 1.165) is 6.42 Å². The Bertz CT molecular complexity index is 681. The molecule has 7 heteroatoms. The second kappa shape index (κ2) is 9.24. The molecule has 1 aromatic carbocycles. The van der Waals surface area contributed by atoms with Crippen LogP contribution in [0.1, 0.15) is 49.0 Å². The quantitative estimate of drug-likeness (QED) is 0.747. The zero-order chi connectivity index (χ0) is 20.1. The summed E-state index contributed by atoms with van der Waals surface area (Å²) in [6, 6.07) is 4.20. The zero-order valence-corrected chi connectivity index (χ0v) is 16.1. The summed E-state index contributed by atoms with van der Waals surface area (Å²) in [7, 11) is 0. The Labute approximate surface area is 158 Å². The highest BCUT2D eigenvalue weighted by Gasteiger charge is 2.34. The fourth-order valence-electron chi connectivity index (χ4n) is 3.44. The largest absolute Gasteiger partial charge is 0.336 e. The highest BCUT2D eigenvalue weighted by molar-refractivity contribution is 5.96. The highest BCUT2D eigenvalue weighted by Crippen LogP contribution is 2.22. The molecule has 27 heavy (non-hydrogen) atoms. The number of benzene rings is 1. The van der Waals surface area contributed by atoms with Gasteiger partial charge in [0.25, 0.3) is 5.91 Å². The van der Waals surface area contributed by atoms with Crippen LogP contribution in [0.4, 0.5) is 13.2 Å². The molecule has 4 nitrogen and oxygen atoms in total. The lowest BCUT2D eigenvalue weighted by molar-refractivity contribution is -0.138. The molecule has 0 aromatic heterocycles. The number of alkyl halides is 2. The average Bonchev–Trinajstić information content (AvgIpc) is 2.63. The maximum atomic E-state index is 13.8. The first-order chi connectivity index (χ1) is 12.8. The molecular weight excluding hydrogens is 357 g/mol. The van der Waals surface area contributed by atoms with Crippen LogP contribution >= 0.6 is 0 Å². The van der Waals surface area contributed by atoms with E-state index >= 15 is 0 Å². The van der Waals surface area contributed by atoms with Crippen LogP contribution in [-0.2, 0) is 4.79 Å². The van der Waals surface area contributed by atoms with Crippen molar-refractivity contribution in [1.29, 1.82) is 0 Å². The third-order valence-electron chi connectivity index (χ3n) is 5.14. The molecule has 0 N–H and O–H groups in total. The fourth-order valence-corrected chi connectivity index (χ4v) is 3.44. The summed E-state index contributed by atoms with van der Waals surface area (Å²) >= 11 is 0. The summed E-state index contributed by atoms with van der Waals surface area (Å²) in [5, 5.41) is 0. The normalized spacial score (nSPS) is 18.7. The fraction of sp³-hybridized carbons (Fsp3) is 0.600. The van der Waals surface area contributed by atoms with Gasteiger partial charge >= 0.3 is 0 Å². The van der Waals surface area contributed by atoms with Gasteiger partial charge in [-0.25, -0.2) is 13.2 Å². The Morgan fingerprint density at radius 2 is 1.96 bits per heavy atom. The van der Waals surface area contributed by atoms with Crippen LogP contribution in [0.25, 0.3) is 0 Å². The van der Waals surface area contributed by atoms with Crippen LogP contribution in [0, 0.1) is 18.7 Å². The van der Waals surface area contributed by atoms with Gasteiger partial charge in [-0.1, -0.05) is 26.3 Å². The van der Waals surface area contributed by atoms with Gasteiger partial charge in [0.05, 0.1) is 0 Å². The molecule has 2 amide bonds. The molecule has 1 saturated heterocycles. The molecule has 1 aliphatic rings. The van der Waals surface area contributed by atoms with E-state index in [1.807, 2.05) is 6.92 Å². The van der Waals surface area contributed by atoms with Crippen LogP contribution < -0.4 is 0 Å². The van der Waals surface area contributed by atoms with Gasteiger partial charge < -0.3 is 9.80 Å². The van der Waals surface area contributed by atoms with Crippen molar-refractivity contribution in [2.75, 3.05) is 19.6 Å². The summed E-state index contributed by atoms with van der Waals surface area (Å²) < 4.78 is 39.3. The molecule has 1 heterocycles. The van der Waals surface area contributed by atoms with Gasteiger partial charge in [0, 0.05) is 43.6 Å². The van der Waals surface area contributed by atoms with E-state index in [0.29, 0.717) is 37.2 Å². The Morgan fingerprint density at radius 3 is 2.59 bits per heavy atom. The van der Waals surface area contributed by atoms with Crippen LogP contribution in [0.3, 0.4) is 0 Å². The first kappa shape index (κ1) is 21.3. The Balaban J connectivity index is 2.11. The minimum absolute atomic E-state index is 0.200. The predicted molar refractivity (Wildman–Crippen MR) is 97.2 cm³/mol. The second-order valence-corrected chi connectivity index (χ2v) is 7.21. The predicted octanol–water partition coefficient (Wildman–Crippen LogP) is 3.88. The highest BCUT2D eigenvalue weighted by atomic mass is 19.3. The molecule has 0 radical (unpaired) electrons. The van der Waals surface area contributed by atoms with Crippen molar-refractivity contribution in [3.05, 3.63) is 35.1 Å². The van der Waals surface area contributed by atoms with Crippen LogP contribution in [0.15, 0.2) is 18.2 Å². The number of piperazine rings is 1. The molecule has 2 unspecified atom stereocenters. The van der Waals surface area contributed by atoms with E-state index in [4.69, 9.17) is 0 Å². The minimum atomic E-state index is -2.53. The van der Waals surface area contributed by atoms with E-state index in [1.54, 1.807) is 22.8 Å². The van der Waals surface area contributed by atoms with Crippen molar-refractivity contribution >= 4 is 11.8 Å². The molecule has 1 fully saturated rings. The van der Waals surface area contributed by atoms with Gasteiger partial charge in [-0.15, -0.1) is 0 Å². The van der Waals surface area contributed by atoms with Crippen molar-refractivity contribution < 1.29 is 22.8 Å². The second-order valence-electron chi connectivity index (χ2n) is 7.21. The third kappa shape index (κ3) is 5.02. The van der Waals surface area contributed by atoms with Crippen molar-refractivity contribution in [3.63, 3.8) is 0 Å². The van der Waals surface area contributed by atoms with Crippen LogP contribution in [-0.4, -0.2) is 53.7 Å². The summed E-state index contributed by atoms with van der Waals surface area (Å²) in [5.41, 5.74) is 0.621. The lowest BCUT2D eigenvalue weighted by atomic mass is 10.0. The molecule has 1 aromatic rings. The lowest BCUT2D eigenvalue weighted by Gasteiger charge is -2.42. The van der Waals surface area contributed by atoms with Crippen LogP contribution in [0.5, 0.6) is 0 Å². The molecule has 0 bridgehead atoms. The lowest BCUT2D eigenvalue weighted by Crippen LogP contribution is -2.56. The van der Waals surface area contributed by atoms with E-state index in [9.17, 15) is 22.8 Å². The number of hydrogen-bond donors (Lipinski definition) is 0. The van der Waals surface area contributed by atoms with Gasteiger partial charge in [-0.2, -0.15) is 0 Å². The number of carbonyl (C=O) groups is 2. The Morgan fingerprint density at radius 1 is 1.26 bits per heavy atom. The van der Waals surface area contributed by atoms with E-state index in [-0.39, 0.29) is 24.3 Å². The molecule has 1 aliphatic heterocycles. The van der Waals surface area contributed by atoms with E-state index < -0.39 is 18.2 Å². The Hall–Kier alpha value is -2.05. The van der Waals surface area contributed by atoms with Gasteiger partial charge in [0.2, 0.25) is 12.3 Å². The monoisotopic (exact) mass is 384 g/mol. The summed E-state index contributed by atoms with van der Waals surface area (Å²) in [6.45, 7) is 5.85. The maximum Gasteiger partial charge on any atom is 0.254 e. The van der Waals surface area contributed by atoms with E-state index in [2.05, 4.69) is 0 Å². The van der Waals surface area contributed by atoms with Gasteiger partial charge in [0.15, 0.2) is 0 Å². The molecular formula is C20H27F3N2O2. The zero-order valence-electron chi connectivity index (χ0n) is 16.1. The average molecular weight is 384 g/mol. The first-order valence-corrected chi connectivity index (χ1v) is 9.38. The number of hydrogen-bond acceptors (Lipinski definition) is 2. The van der Waals surface area contributed by atoms with Crippen molar-refractivity contribution in [3.8, 4) is 0 Å². The summed E-state index contributed by atoms with van der Waals surface area (Å²) in [6.07, 6.45) is -1.24. The van der Waals surface area contributed by atoms with Crippen molar-refractivity contribution in [1.82, 2.24) is 9.80 Å². The van der Waals surface area contributed by atoms with Crippen molar-refractivity contribution in [2.24, 2.45) is 5.92 Å². The molecule has 0 spiro atoms. The third-order valence-corrected chi connectivity index (χ3v) is 5.14. The molecule has 2 atom stereocenters. The standard InChI is InChI=1S/C20H27F3N2O2/c1-4-6-15-12-24(20(27)16-7-5-8-17(21)14(16)3)9-10-25(15)18(26)11-13(2)19(22)23/h5,7-8,13,15,19H,4,6,9-12H2,1-3H3. The number of halogens is 3. The number of nitrogens with zero attached hydrogens (tertiary/aromatic N) is 2. The topological polar surface area (TPSA) is 40.6 Å². The molecule has 2 rings (SSSR count). The smallest absolute Gasteiger partial charge is 0.254 e. The molecule has 0 saturated carbocycles. The number of carbonyl (C=O) groups excluding carboxylic acids is 2.